The van der Waals surface area contributed by atoms with Crippen LogP contribution in [0.2, 0.25) is 0 Å². The van der Waals surface area contributed by atoms with Gasteiger partial charge in [0.05, 0.1) is 19.1 Å². The normalized spacial score (nSPS) is 24.0. The number of hydrogen-bond acceptors (Lipinski definition) is 7. The number of amides is 4. The van der Waals surface area contributed by atoms with Gasteiger partial charge in [-0.15, -0.1) is 0 Å². The number of alkyl halides is 2. The number of carbonyl (C=O) groups excluding carboxylic acids is 4. The van der Waals surface area contributed by atoms with E-state index in [2.05, 4.69) is 16.9 Å². The van der Waals surface area contributed by atoms with Crippen molar-refractivity contribution < 1.29 is 36.7 Å². The lowest BCUT2D eigenvalue weighted by molar-refractivity contribution is -0.146. The van der Waals surface area contributed by atoms with Gasteiger partial charge < -0.3 is 14.8 Å². The van der Waals surface area contributed by atoms with Crippen molar-refractivity contribution in [2.75, 3.05) is 44.2 Å². The van der Waals surface area contributed by atoms with E-state index >= 15 is 8.78 Å². The fourth-order valence-electron chi connectivity index (χ4n) is 10.3. The van der Waals surface area contributed by atoms with Crippen LogP contribution in [-0.2, 0) is 33.9 Å². The van der Waals surface area contributed by atoms with E-state index in [4.69, 9.17) is 0 Å². The topological polar surface area (TPSA) is 112 Å². The van der Waals surface area contributed by atoms with Crippen molar-refractivity contribution in [3.05, 3.63) is 106 Å². The second-order valence-corrected chi connectivity index (χ2v) is 16.9. The van der Waals surface area contributed by atoms with Gasteiger partial charge in [-0.05, 0) is 66.8 Å². The second-order valence-electron chi connectivity index (χ2n) is 16.9. The molecule has 7 heterocycles. The molecular formula is C43H41F4N7O4. The number of fused-ring (bicyclic) bond motifs is 5. The summed E-state index contributed by atoms with van der Waals surface area (Å²) < 4.78 is 60.1. The molecule has 6 aliphatic heterocycles. The van der Waals surface area contributed by atoms with Gasteiger partial charge in [0.2, 0.25) is 17.7 Å². The fraction of sp³-hybridized carbons (Fsp3) is 0.395. The van der Waals surface area contributed by atoms with Crippen molar-refractivity contribution in [3.63, 3.8) is 0 Å². The monoisotopic (exact) mass is 795 g/mol. The van der Waals surface area contributed by atoms with Crippen LogP contribution < -0.4 is 10.2 Å². The largest absolute Gasteiger partial charge is 0.370 e. The van der Waals surface area contributed by atoms with Crippen molar-refractivity contribution in [2.24, 2.45) is 5.41 Å². The number of hydrogen-bond donors (Lipinski definition) is 2. The number of halogens is 4. The molecule has 15 heteroatoms. The molecule has 2 N–H and O–H groups in total. The molecule has 0 radical (unpaired) electrons. The Labute approximate surface area is 331 Å². The molecule has 3 saturated heterocycles. The predicted molar refractivity (Wildman–Crippen MR) is 206 cm³/mol. The van der Waals surface area contributed by atoms with Crippen LogP contribution in [0.3, 0.4) is 0 Å². The van der Waals surface area contributed by atoms with Crippen LogP contribution in [0.5, 0.6) is 0 Å². The number of likely N-dealkylation sites (tertiary alicyclic amines) is 1. The first-order chi connectivity index (χ1) is 27.8. The zero-order valence-corrected chi connectivity index (χ0v) is 31.8. The number of carbonyl (C=O) groups is 4. The summed E-state index contributed by atoms with van der Waals surface area (Å²) in [6.07, 6.45) is -1.83. The van der Waals surface area contributed by atoms with Crippen molar-refractivity contribution >= 4 is 45.9 Å². The average Bonchev–Trinajstić information content (AvgIpc) is 3.77. The highest BCUT2D eigenvalue weighted by Gasteiger charge is 2.54. The zero-order valence-electron chi connectivity index (χ0n) is 31.8. The minimum atomic E-state index is -2.69. The number of rotatable bonds is 7. The van der Waals surface area contributed by atoms with Gasteiger partial charge >= 0.3 is 0 Å². The van der Waals surface area contributed by atoms with Gasteiger partial charge in [0.15, 0.2) is 0 Å². The van der Waals surface area contributed by atoms with Crippen LogP contribution in [0.4, 0.5) is 23.2 Å². The Morgan fingerprint density at radius 3 is 2.34 bits per heavy atom. The lowest BCUT2D eigenvalue weighted by Gasteiger charge is -2.61. The number of nitrogens with one attached hydrogen (secondary N) is 2. The maximum Gasteiger partial charge on any atom is 0.259 e. The quantitative estimate of drug-likeness (QED) is 0.202. The highest BCUT2D eigenvalue weighted by atomic mass is 19.3. The SMILES string of the molecule is C=C1c2cc3c(cc2C(=O)N1C1CCC(=O)NC1=O)CN(CC(=O)N1CC2(C1)CN(c1cc(F)c(C4c5[nH]c6ccccc6c5C[C@@H](C)N4CC(F)F)c(F)c1)C2)C3. The third-order valence-electron chi connectivity index (χ3n) is 13.1. The van der Waals surface area contributed by atoms with E-state index in [0.29, 0.717) is 73.9 Å². The zero-order chi connectivity index (χ0) is 40.4. The van der Waals surface area contributed by atoms with E-state index < -0.39 is 42.6 Å². The molecule has 11 nitrogen and oxygen atoms in total. The number of benzene rings is 3. The molecule has 3 atom stereocenters. The Hall–Kier alpha value is -5.54. The van der Waals surface area contributed by atoms with Gasteiger partial charge in [-0.3, -0.25) is 39.2 Å². The number of para-hydroxylation sites is 1. The molecule has 2 unspecified atom stereocenters. The third-order valence-corrected chi connectivity index (χ3v) is 13.1. The lowest BCUT2D eigenvalue weighted by atomic mass is 9.72. The highest BCUT2D eigenvalue weighted by molar-refractivity contribution is 6.12. The van der Waals surface area contributed by atoms with Crippen LogP contribution >= 0.6 is 0 Å². The van der Waals surface area contributed by atoms with Crippen molar-refractivity contribution in [1.82, 2.24) is 29.9 Å². The number of nitrogens with zero attached hydrogens (tertiary/aromatic N) is 5. The standard InChI is InChI=1S/C43H41F4N7O4/c1-22-9-29-27-5-3-4-6-33(27)48-39(29)40(53(22)16-35(46)47)38-31(44)12-26(13-32(38)45)51-18-43(19-51)20-52(21-43)37(56)17-50-14-24-10-28-23(2)54(34-7-8-36(55)49-41(34)57)42(58)30(28)11-25(24)15-50/h3-6,10-13,22,34-35,40,48H,2,7-9,14-21H2,1H3,(H,49,55,57)/t22-,34?,40?/m1/s1. The van der Waals surface area contributed by atoms with Gasteiger partial charge in [-0.2, -0.15) is 0 Å². The molecule has 0 bridgehead atoms. The molecule has 1 spiro atoms. The molecule has 58 heavy (non-hydrogen) atoms. The molecule has 4 aromatic rings. The number of H-pyrrole nitrogens is 1. The minimum Gasteiger partial charge on any atom is -0.370 e. The summed E-state index contributed by atoms with van der Waals surface area (Å²) in [5.41, 5.74) is 5.59. The number of piperidine rings is 1. The van der Waals surface area contributed by atoms with Gasteiger partial charge in [-0.25, -0.2) is 17.6 Å². The van der Waals surface area contributed by atoms with Crippen molar-refractivity contribution in [1.29, 1.82) is 0 Å². The first-order valence-electron chi connectivity index (χ1n) is 19.7. The smallest absolute Gasteiger partial charge is 0.259 e. The molecular weight excluding hydrogens is 755 g/mol. The summed E-state index contributed by atoms with van der Waals surface area (Å²) >= 11 is 0. The number of aromatic nitrogens is 1. The average molecular weight is 796 g/mol. The summed E-state index contributed by atoms with van der Waals surface area (Å²) in [6, 6.07) is 11.7. The summed E-state index contributed by atoms with van der Waals surface area (Å²) in [6.45, 7) is 8.56. The summed E-state index contributed by atoms with van der Waals surface area (Å²) in [5.74, 6) is -2.80. The van der Waals surface area contributed by atoms with E-state index in [9.17, 15) is 28.0 Å². The first-order valence-corrected chi connectivity index (χ1v) is 19.7. The van der Waals surface area contributed by atoms with E-state index in [1.54, 1.807) is 4.90 Å². The van der Waals surface area contributed by atoms with Crippen LogP contribution in [0, 0.1) is 17.0 Å². The number of aromatic amines is 1. The van der Waals surface area contributed by atoms with Crippen molar-refractivity contribution in [3.8, 4) is 0 Å². The Morgan fingerprint density at radius 2 is 1.66 bits per heavy atom. The number of anilines is 1. The molecule has 300 valence electrons. The second kappa shape index (κ2) is 13.2. The van der Waals surface area contributed by atoms with Crippen molar-refractivity contribution in [2.45, 2.75) is 63.8 Å². The maximum absolute atomic E-state index is 16.2. The molecule has 0 saturated carbocycles. The molecule has 6 aliphatic rings. The van der Waals surface area contributed by atoms with Gasteiger partial charge in [0.25, 0.3) is 12.3 Å². The van der Waals surface area contributed by atoms with Crippen LogP contribution in [-0.4, -0.2) is 106 Å². The minimum absolute atomic E-state index is 0.0261. The maximum atomic E-state index is 16.2. The summed E-state index contributed by atoms with van der Waals surface area (Å²) in [4.78, 5) is 62.9. The van der Waals surface area contributed by atoms with E-state index in [0.717, 1.165) is 27.6 Å². The Kier molecular flexibility index (Phi) is 8.40. The third kappa shape index (κ3) is 5.75. The van der Waals surface area contributed by atoms with E-state index in [-0.39, 0.29) is 54.1 Å². The van der Waals surface area contributed by atoms with E-state index in [1.807, 2.05) is 53.1 Å². The van der Waals surface area contributed by atoms with Gasteiger partial charge in [0.1, 0.15) is 17.7 Å². The molecule has 4 amide bonds. The van der Waals surface area contributed by atoms with Gasteiger partial charge in [-0.1, -0.05) is 24.8 Å². The molecule has 1 aromatic heterocycles. The Bertz CT molecular complexity index is 2400. The Morgan fingerprint density at radius 1 is 0.966 bits per heavy atom. The predicted octanol–water partition coefficient (Wildman–Crippen LogP) is 4.94. The Balaban J connectivity index is 0.777. The summed E-state index contributed by atoms with van der Waals surface area (Å²) in [7, 11) is 0. The van der Waals surface area contributed by atoms with Crippen LogP contribution in [0.1, 0.15) is 69.7 Å². The molecule has 3 aromatic carbocycles. The van der Waals surface area contributed by atoms with Crippen LogP contribution in [0.25, 0.3) is 16.6 Å². The number of imide groups is 1. The fourth-order valence-corrected chi connectivity index (χ4v) is 10.3. The molecule has 3 fully saturated rings. The molecule has 10 rings (SSSR count). The van der Waals surface area contributed by atoms with E-state index in [1.165, 1.54) is 21.9 Å². The lowest BCUT2D eigenvalue weighted by Crippen LogP contribution is -2.73. The molecule has 0 aliphatic carbocycles. The van der Waals surface area contributed by atoms with Gasteiger partial charge in [0, 0.05) is 102 Å². The summed E-state index contributed by atoms with van der Waals surface area (Å²) in [5, 5.41) is 3.23. The van der Waals surface area contributed by atoms with Crippen LogP contribution in [0.15, 0.2) is 55.1 Å². The highest BCUT2D eigenvalue weighted by Crippen LogP contribution is 2.46. The first kappa shape index (κ1) is 36.8.